The van der Waals surface area contributed by atoms with Crippen molar-refractivity contribution in [1.29, 1.82) is 0 Å². The van der Waals surface area contributed by atoms with Crippen LogP contribution < -0.4 is 10.6 Å². The van der Waals surface area contributed by atoms with Crippen LogP contribution in [0.15, 0.2) is 23.2 Å². The third-order valence-electron chi connectivity index (χ3n) is 5.84. The molecular formula is C23H37IN4O. The summed E-state index contributed by atoms with van der Waals surface area (Å²) in [5, 5.41) is 6.90. The van der Waals surface area contributed by atoms with Gasteiger partial charge in [0.2, 0.25) is 5.91 Å². The normalized spacial score (nSPS) is 19.9. The van der Waals surface area contributed by atoms with Gasteiger partial charge in [-0.2, -0.15) is 0 Å². The van der Waals surface area contributed by atoms with Gasteiger partial charge in [0.25, 0.3) is 0 Å². The van der Waals surface area contributed by atoms with Crippen molar-refractivity contribution in [2.45, 2.75) is 65.3 Å². The van der Waals surface area contributed by atoms with Crippen LogP contribution >= 0.6 is 24.0 Å². The van der Waals surface area contributed by atoms with Gasteiger partial charge in [-0.15, -0.1) is 24.0 Å². The molecule has 1 unspecified atom stereocenters. The number of benzene rings is 1. The molecule has 1 amide bonds. The van der Waals surface area contributed by atoms with E-state index in [1.165, 1.54) is 29.5 Å². The fraction of sp³-hybridized carbons (Fsp3) is 0.652. The molecule has 29 heavy (non-hydrogen) atoms. The molecule has 2 aliphatic rings. The minimum absolute atomic E-state index is 0. The Morgan fingerprint density at radius 1 is 1.14 bits per heavy atom. The van der Waals surface area contributed by atoms with E-state index < -0.39 is 0 Å². The molecule has 162 valence electrons. The van der Waals surface area contributed by atoms with Crippen LogP contribution in [0, 0.1) is 19.8 Å². The van der Waals surface area contributed by atoms with Gasteiger partial charge >= 0.3 is 0 Å². The number of hydrogen-bond donors (Lipinski definition) is 2. The predicted molar refractivity (Wildman–Crippen MR) is 131 cm³/mol. The number of nitrogens with zero attached hydrogens (tertiary/aromatic N) is 2. The van der Waals surface area contributed by atoms with Crippen molar-refractivity contribution in [3.8, 4) is 0 Å². The van der Waals surface area contributed by atoms with Gasteiger partial charge < -0.3 is 15.5 Å². The summed E-state index contributed by atoms with van der Waals surface area (Å²) in [6.07, 6.45) is 6.52. The monoisotopic (exact) mass is 512 g/mol. The molecule has 3 rings (SSSR count). The summed E-state index contributed by atoms with van der Waals surface area (Å²) in [6, 6.07) is 6.99. The summed E-state index contributed by atoms with van der Waals surface area (Å²) in [7, 11) is 0. The third kappa shape index (κ3) is 7.15. The summed E-state index contributed by atoms with van der Waals surface area (Å²) >= 11 is 0. The molecule has 0 aromatic heterocycles. The second-order valence-electron chi connectivity index (χ2n) is 8.40. The van der Waals surface area contributed by atoms with Crippen LogP contribution in [-0.2, 0) is 11.2 Å². The second-order valence-corrected chi connectivity index (χ2v) is 8.40. The lowest BCUT2D eigenvalue weighted by atomic mass is 10.1. The number of halogens is 1. The van der Waals surface area contributed by atoms with Crippen LogP contribution in [0.25, 0.3) is 0 Å². The Hall–Kier alpha value is -1.31. The van der Waals surface area contributed by atoms with Crippen LogP contribution in [0.4, 0.5) is 0 Å². The molecule has 1 atom stereocenters. The number of rotatable bonds is 6. The van der Waals surface area contributed by atoms with Gasteiger partial charge in [-0.1, -0.05) is 42.2 Å². The number of carbonyl (C=O) groups excluding carboxylic acids is 1. The minimum atomic E-state index is 0. The number of likely N-dealkylation sites (tertiary alicyclic amines) is 1. The van der Waals surface area contributed by atoms with Crippen molar-refractivity contribution in [1.82, 2.24) is 15.5 Å². The topological polar surface area (TPSA) is 56.7 Å². The van der Waals surface area contributed by atoms with Crippen LogP contribution in [-0.4, -0.2) is 49.0 Å². The number of carbonyl (C=O) groups is 1. The van der Waals surface area contributed by atoms with Gasteiger partial charge in [-0.3, -0.25) is 9.79 Å². The first-order valence-corrected chi connectivity index (χ1v) is 11.0. The molecule has 1 saturated heterocycles. The Morgan fingerprint density at radius 2 is 1.83 bits per heavy atom. The van der Waals surface area contributed by atoms with Crippen molar-refractivity contribution in [2.75, 3.05) is 26.2 Å². The van der Waals surface area contributed by atoms with E-state index in [1.54, 1.807) is 0 Å². The Labute approximate surface area is 193 Å². The lowest BCUT2D eigenvalue weighted by Crippen LogP contribution is -2.45. The molecule has 2 fully saturated rings. The number of aryl methyl sites for hydroxylation is 2. The zero-order chi connectivity index (χ0) is 19.9. The van der Waals surface area contributed by atoms with Crippen LogP contribution in [0.1, 0.15) is 55.7 Å². The third-order valence-corrected chi connectivity index (χ3v) is 5.84. The molecule has 5 nitrogen and oxygen atoms in total. The molecule has 1 aliphatic carbocycles. The molecule has 2 N–H and O–H groups in total. The maximum absolute atomic E-state index is 12.6. The van der Waals surface area contributed by atoms with Crippen LogP contribution in [0.5, 0.6) is 0 Å². The summed E-state index contributed by atoms with van der Waals surface area (Å²) < 4.78 is 0. The van der Waals surface area contributed by atoms with Gasteiger partial charge in [-0.25, -0.2) is 0 Å². The zero-order valence-corrected chi connectivity index (χ0v) is 20.5. The summed E-state index contributed by atoms with van der Waals surface area (Å²) in [6.45, 7) is 9.65. The fourth-order valence-corrected chi connectivity index (χ4v) is 4.53. The average Bonchev–Trinajstić information content (AvgIpc) is 3.32. The standard InChI is InChI=1S/C23H36N4O.HI/c1-4-24-23(25-11-9-19-14-17(2)13-18(3)15-19)26-21-10-12-27(16-21)22(28)20-7-5-6-8-20;/h13-15,20-21H,4-12,16H2,1-3H3,(H2,24,25,26);1H. The molecule has 1 heterocycles. The van der Waals surface area contributed by atoms with Gasteiger partial charge in [-0.05, 0) is 52.0 Å². The molecule has 1 aromatic carbocycles. The number of nitrogens with one attached hydrogen (secondary N) is 2. The molecule has 1 saturated carbocycles. The highest BCUT2D eigenvalue weighted by Gasteiger charge is 2.32. The van der Waals surface area contributed by atoms with E-state index in [0.29, 0.717) is 11.9 Å². The predicted octanol–water partition coefficient (Wildman–Crippen LogP) is 3.81. The van der Waals surface area contributed by atoms with E-state index in [0.717, 1.165) is 57.8 Å². The Balaban J connectivity index is 0.00000300. The number of guanidine groups is 1. The maximum atomic E-state index is 12.6. The lowest BCUT2D eigenvalue weighted by molar-refractivity contribution is -0.134. The van der Waals surface area contributed by atoms with E-state index in [1.807, 2.05) is 0 Å². The summed E-state index contributed by atoms with van der Waals surface area (Å²) in [5.74, 6) is 1.52. The van der Waals surface area contributed by atoms with Crippen molar-refractivity contribution in [3.63, 3.8) is 0 Å². The van der Waals surface area contributed by atoms with Crippen molar-refractivity contribution in [3.05, 3.63) is 34.9 Å². The first-order valence-electron chi connectivity index (χ1n) is 11.0. The van der Waals surface area contributed by atoms with Gasteiger partial charge in [0, 0.05) is 38.1 Å². The second kappa shape index (κ2) is 11.8. The molecule has 1 aromatic rings. The maximum Gasteiger partial charge on any atom is 0.225 e. The Bertz CT molecular complexity index is 680. The van der Waals surface area contributed by atoms with Gasteiger partial charge in [0.15, 0.2) is 5.96 Å². The number of hydrogen-bond acceptors (Lipinski definition) is 2. The largest absolute Gasteiger partial charge is 0.357 e. The molecule has 0 bridgehead atoms. The van der Waals surface area contributed by atoms with Crippen LogP contribution in [0.2, 0.25) is 0 Å². The van der Waals surface area contributed by atoms with Crippen molar-refractivity contribution >= 4 is 35.8 Å². The van der Waals surface area contributed by atoms with E-state index in [9.17, 15) is 4.79 Å². The average molecular weight is 512 g/mol. The lowest BCUT2D eigenvalue weighted by Gasteiger charge is -2.21. The zero-order valence-electron chi connectivity index (χ0n) is 18.2. The Morgan fingerprint density at radius 3 is 2.48 bits per heavy atom. The van der Waals surface area contributed by atoms with E-state index in [2.05, 4.69) is 54.5 Å². The van der Waals surface area contributed by atoms with Gasteiger partial charge in [0.05, 0.1) is 0 Å². The highest BCUT2D eigenvalue weighted by molar-refractivity contribution is 14.0. The highest BCUT2D eigenvalue weighted by atomic mass is 127. The van der Waals surface area contributed by atoms with Crippen molar-refractivity contribution in [2.24, 2.45) is 10.9 Å². The molecule has 6 heteroatoms. The van der Waals surface area contributed by atoms with Crippen LogP contribution in [0.3, 0.4) is 0 Å². The molecule has 1 aliphatic heterocycles. The van der Waals surface area contributed by atoms with E-state index in [-0.39, 0.29) is 29.9 Å². The Kier molecular flexibility index (Phi) is 9.72. The quantitative estimate of drug-likeness (QED) is 0.346. The van der Waals surface area contributed by atoms with Gasteiger partial charge in [0.1, 0.15) is 0 Å². The number of aliphatic imine (C=N–C) groups is 1. The molecular weight excluding hydrogens is 475 g/mol. The summed E-state index contributed by atoms with van der Waals surface area (Å²) in [4.78, 5) is 19.5. The first-order chi connectivity index (χ1) is 13.5. The fourth-order valence-electron chi connectivity index (χ4n) is 4.53. The highest BCUT2D eigenvalue weighted by Crippen LogP contribution is 2.27. The SMILES string of the molecule is CCNC(=NCCc1cc(C)cc(C)c1)NC1CCN(C(=O)C2CCCC2)C1.I. The minimum Gasteiger partial charge on any atom is -0.357 e. The molecule has 0 radical (unpaired) electrons. The molecule has 0 spiro atoms. The first kappa shape index (κ1) is 24.0. The van der Waals surface area contributed by atoms with E-state index >= 15 is 0 Å². The summed E-state index contributed by atoms with van der Waals surface area (Å²) in [5.41, 5.74) is 3.95. The van der Waals surface area contributed by atoms with Crippen molar-refractivity contribution < 1.29 is 4.79 Å². The number of amides is 1. The van der Waals surface area contributed by atoms with E-state index in [4.69, 9.17) is 4.99 Å². The smallest absolute Gasteiger partial charge is 0.225 e.